The van der Waals surface area contributed by atoms with Gasteiger partial charge in [0.25, 0.3) is 5.91 Å². The van der Waals surface area contributed by atoms with E-state index in [2.05, 4.69) is 20.6 Å². The van der Waals surface area contributed by atoms with E-state index < -0.39 is 5.82 Å². The van der Waals surface area contributed by atoms with E-state index in [1.54, 1.807) is 12.1 Å². The fraction of sp³-hybridized carbons (Fsp3) is 0.435. The van der Waals surface area contributed by atoms with Gasteiger partial charge in [-0.15, -0.1) is 0 Å². The SMILES string of the molecule is CC.Cc1nc2ccc(F)c(-c3cc4c([nH]3)C3(CC3)NC4=O)c2nc1NC(C)(C)C. The number of aryl methyl sites for hydroxylation is 1. The lowest BCUT2D eigenvalue weighted by Crippen LogP contribution is -2.27. The minimum atomic E-state index is -0.391. The highest BCUT2D eigenvalue weighted by Crippen LogP contribution is 2.51. The monoisotopic (exact) mass is 409 g/mol. The first-order valence-corrected chi connectivity index (χ1v) is 10.5. The van der Waals surface area contributed by atoms with Gasteiger partial charge in [0.05, 0.1) is 39.3 Å². The second-order valence-corrected chi connectivity index (χ2v) is 8.83. The standard InChI is InChI=1S/C21H22FN5O.C2H6/c1-10-18(26-20(2,3)4)25-16-13(23-10)6-5-12(22)15(16)14-9-11-17(24-14)21(7-8-21)27-19(11)28;1-2/h5-6,9,24H,7-8H2,1-4H3,(H,25,26)(H,27,28);1-2H3. The number of rotatable bonds is 2. The van der Waals surface area contributed by atoms with Crippen molar-refractivity contribution in [3.05, 3.63) is 41.0 Å². The first-order chi connectivity index (χ1) is 14.2. The molecule has 0 unspecified atom stereocenters. The summed E-state index contributed by atoms with van der Waals surface area (Å²) in [6.45, 7) is 12.0. The summed E-state index contributed by atoms with van der Waals surface area (Å²) in [5, 5.41) is 6.36. The van der Waals surface area contributed by atoms with Crippen LogP contribution >= 0.6 is 0 Å². The van der Waals surface area contributed by atoms with Gasteiger partial charge < -0.3 is 15.6 Å². The largest absolute Gasteiger partial charge is 0.364 e. The topological polar surface area (TPSA) is 82.7 Å². The number of hydrogen-bond donors (Lipinski definition) is 3. The smallest absolute Gasteiger partial charge is 0.253 e. The molecule has 6 nitrogen and oxygen atoms in total. The zero-order valence-electron chi connectivity index (χ0n) is 18.3. The molecule has 3 N–H and O–H groups in total. The molecule has 2 aromatic heterocycles. The summed E-state index contributed by atoms with van der Waals surface area (Å²) in [4.78, 5) is 24.9. The van der Waals surface area contributed by atoms with Crippen molar-refractivity contribution in [1.82, 2.24) is 20.3 Å². The highest BCUT2D eigenvalue weighted by atomic mass is 19.1. The first-order valence-electron chi connectivity index (χ1n) is 10.5. The van der Waals surface area contributed by atoms with Crippen LogP contribution in [-0.2, 0) is 5.54 Å². The predicted molar refractivity (Wildman–Crippen MR) is 117 cm³/mol. The number of halogens is 1. The summed E-state index contributed by atoms with van der Waals surface area (Å²) in [7, 11) is 0. The summed E-state index contributed by atoms with van der Waals surface area (Å²) >= 11 is 0. The van der Waals surface area contributed by atoms with Crippen LogP contribution in [0.1, 0.15) is 69.2 Å². The Morgan fingerprint density at radius 1 is 1.17 bits per heavy atom. The molecule has 1 saturated carbocycles. The number of benzene rings is 1. The Kier molecular flexibility index (Phi) is 4.60. The molecular weight excluding hydrogens is 381 g/mol. The molecule has 5 rings (SSSR count). The highest BCUT2D eigenvalue weighted by molar-refractivity contribution is 6.02. The number of nitrogens with one attached hydrogen (secondary N) is 3. The number of aromatic nitrogens is 3. The molecule has 1 amide bonds. The summed E-state index contributed by atoms with van der Waals surface area (Å²) in [6.07, 6.45) is 1.81. The second kappa shape index (κ2) is 6.79. The normalized spacial score (nSPS) is 16.2. The second-order valence-electron chi connectivity index (χ2n) is 8.83. The van der Waals surface area contributed by atoms with E-state index in [0.717, 1.165) is 24.2 Å². The van der Waals surface area contributed by atoms with Crippen LogP contribution in [-0.4, -0.2) is 26.4 Å². The van der Waals surface area contributed by atoms with Crippen LogP contribution in [0.25, 0.3) is 22.3 Å². The van der Waals surface area contributed by atoms with Crippen LogP contribution in [0.15, 0.2) is 18.2 Å². The van der Waals surface area contributed by atoms with Gasteiger partial charge in [-0.05, 0) is 58.7 Å². The molecule has 1 aromatic carbocycles. The van der Waals surface area contributed by atoms with E-state index in [0.29, 0.717) is 33.7 Å². The molecule has 0 bridgehead atoms. The van der Waals surface area contributed by atoms with Crippen LogP contribution in [0.3, 0.4) is 0 Å². The number of nitrogens with zero attached hydrogens (tertiary/aromatic N) is 2. The lowest BCUT2D eigenvalue weighted by atomic mass is 10.1. The number of H-pyrrole nitrogens is 1. The summed E-state index contributed by atoms with van der Waals surface area (Å²) in [5.41, 5.74) is 3.72. The van der Waals surface area contributed by atoms with Crippen molar-refractivity contribution >= 4 is 22.8 Å². The zero-order valence-corrected chi connectivity index (χ0v) is 18.3. The first kappa shape index (κ1) is 20.3. The maximum atomic E-state index is 14.9. The predicted octanol–water partition coefficient (Wildman–Crippen LogP) is 5.04. The molecule has 3 aromatic rings. The average molecular weight is 410 g/mol. The quantitative estimate of drug-likeness (QED) is 0.554. The molecule has 0 radical (unpaired) electrons. The minimum Gasteiger partial charge on any atom is -0.364 e. The third-order valence-electron chi connectivity index (χ3n) is 5.37. The molecule has 2 aliphatic rings. The number of aromatic amines is 1. The Hall–Kier alpha value is -2.96. The van der Waals surface area contributed by atoms with Crippen LogP contribution in [0.5, 0.6) is 0 Å². The summed E-state index contributed by atoms with van der Waals surface area (Å²) in [5.74, 6) is 0.132. The molecule has 158 valence electrons. The van der Waals surface area contributed by atoms with Crippen LogP contribution in [0.2, 0.25) is 0 Å². The van der Waals surface area contributed by atoms with Crippen molar-refractivity contribution in [1.29, 1.82) is 0 Å². The van der Waals surface area contributed by atoms with Crippen LogP contribution < -0.4 is 10.6 Å². The number of fused-ring (bicyclic) bond motifs is 3. The Morgan fingerprint density at radius 2 is 1.87 bits per heavy atom. The van der Waals surface area contributed by atoms with E-state index in [4.69, 9.17) is 4.98 Å². The van der Waals surface area contributed by atoms with Gasteiger partial charge in [0.1, 0.15) is 17.2 Å². The maximum absolute atomic E-state index is 14.9. The molecule has 1 aliphatic carbocycles. The van der Waals surface area contributed by atoms with Gasteiger partial charge in [0.2, 0.25) is 0 Å². The van der Waals surface area contributed by atoms with Crippen molar-refractivity contribution in [2.45, 2.75) is 65.5 Å². The molecule has 30 heavy (non-hydrogen) atoms. The van der Waals surface area contributed by atoms with Crippen molar-refractivity contribution in [3.8, 4) is 11.3 Å². The molecule has 1 aliphatic heterocycles. The summed E-state index contributed by atoms with van der Waals surface area (Å²) < 4.78 is 14.9. The molecular formula is C23H28FN5O. The Labute approximate surface area is 175 Å². The summed E-state index contributed by atoms with van der Waals surface area (Å²) in [6, 6.07) is 4.77. The number of carbonyl (C=O) groups excluding carboxylic acids is 1. The number of hydrogen-bond acceptors (Lipinski definition) is 4. The molecule has 1 spiro atoms. The van der Waals surface area contributed by atoms with E-state index >= 15 is 0 Å². The Balaban J connectivity index is 0.00000106. The van der Waals surface area contributed by atoms with Crippen molar-refractivity contribution in [3.63, 3.8) is 0 Å². The molecule has 7 heteroatoms. The third-order valence-corrected chi connectivity index (χ3v) is 5.37. The van der Waals surface area contributed by atoms with E-state index in [1.165, 1.54) is 6.07 Å². The van der Waals surface area contributed by atoms with Crippen LogP contribution in [0, 0.1) is 12.7 Å². The van der Waals surface area contributed by atoms with Crippen molar-refractivity contribution in [2.24, 2.45) is 0 Å². The average Bonchev–Trinajstić information content (AvgIpc) is 3.23. The van der Waals surface area contributed by atoms with Gasteiger partial charge in [0.15, 0.2) is 0 Å². The van der Waals surface area contributed by atoms with Gasteiger partial charge in [-0.2, -0.15) is 0 Å². The van der Waals surface area contributed by atoms with Gasteiger partial charge in [-0.1, -0.05) is 13.8 Å². The maximum Gasteiger partial charge on any atom is 0.253 e. The molecule has 1 fully saturated rings. The van der Waals surface area contributed by atoms with E-state index in [9.17, 15) is 9.18 Å². The van der Waals surface area contributed by atoms with Gasteiger partial charge in [0, 0.05) is 5.54 Å². The fourth-order valence-corrected chi connectivity index (χ4v) is 3.91. The lowest BCUT2D eigenvalue weighted by Gasteiger charge is -2.22. The molecule has 0 saturated heterocycles. The number of amides is 1. The van der Waals surface area contributed by atoms with Crippen molar-refractivity contribution in [2.75, 3.05) is 5.32 Å². The van der Waals surface area contributed by atoms with Gasteiger partial charge in [-0.3, -0.25) is 4.79 Å². The number of carbonyl (C=O) groups is 1. The Bertz CT molecular complexity index is 1150. The Morgan fingerprint density at radius 3 is 2.50 bits per heavy atom. The minimum absolute atomic E-state index is 0.104. The van der Waals surface area contributed by atoms with E-state index in [-0.39, 0.29) is 17.0 Å². The fourth-order valence-electron chi connectivity index (χ4n) is 3.91. The molecule has 0 atom stereocenters. The third kappa shape index (κ3) is 3.22. The number of anilines is 1. The zero-order chi connectivity index (χ0) is 21.8. The van der Waals surface area contributed by atoms with Gasteiger partial charge in [-0.25, -0.2) is 14.4 Å². The van der Waals surface area contributed by atoms with Crippen LogP contribution in [0.4, 0.5) is 10.2 Å². The lowest BCUT2D eigenvalue weighted by molar-refractivity contribution is 0.0952. The van der Waals surface area contributed by atoms with Gasteiger partial charge >= 0.3 is 0 Å². The highest BCUT2D eigenvalue weighted by Gasteiger charge is 2.53. The van der Waals surface area contributed by atoms with Crippen molar-refractivity contribution < 1.29 is 9.18 Å². The molecule has 3 heterocycles. The van der Waals surface area contributed by atoms with E-state index in [1.807, 2.05) is 41.5 Å².